The predicted octanol–water partition coefficient (Wildman–Crippen LogP) is 5.10. The lowest BCUT2D eigenvalue weighted by Gasteiger charge is -2.40. The van der Waals surface area contributed by atoms with Gasteiger partial charge in [-0.1, -0.05) is 41.5 Å². The molecule has 0 aliphatic carbocycles. The van der Waals surface area contributed by atoms with Crippen molar-refractivity contribution in [2.24, 2.45) is 0 Å². The molecule has 7 nitrogen and oxygen atoms in total. The maximum atomic E-state index is 11.4. The van der Waals surface area contributed by atoms with Crippen LogP contribution < -0.4 is 0 Å². The molecule has 2 aromatic rings. The summed E-state index contributed by atoms with van der Waals surface area (Å²) in [4.78, 5) is 8.57. The number of aromatic nitrogens is 3. The first kappa shape index (κ1) is 25.5. The van der Waals surface area contributed by atoms with Gasteiger partial charge in [-0.2, -0.15) is 0 Å². The lowest BCUT2D eigenvalue weighted by molar-refractivity contribution is -0.0473. The highest BCUT2D eigenvalue weighted by molar-refractivity contribution is 6.74. The average Bonchev–Trinajstić information content (AvgIpc) is 3.20. The van der Waals surface area contributed by atoms with Crippen LogP contribution in [0.1, 0.15) is 47.8 Å². The van der Waals surface area contributed by atoms with Crippen LogP contribution in [0.3, 0.4) is 0 Å². The van der Waals surface area contributed by atoms with Crippen LogP contribution in [-0.2, 0) is 13.6 Å². The van der Waals surface area contributed by atoms with Crippen molar-refractivity contribution in [2.75, 3.05) is 6.61 Å². The third-order valence-electron chi connectivity index (χ3n) is 7.62. The van der Waals surface area contributed by atoms with Crippen molar-refractivity contribution in [2.45, 2.75) is 102 Å². The fraction of sp³-hybridized carbons (Fsp3) is 0.739. The lowest BCUT2D eigenvalue weighted by atomic mass is 10.1. The monoisotopic (exact) mass is 479 g/mol. The smallest absolute Gasteiger partial charge is 0.192 e. The van der Waals surface area contributed by atoms with Crippen LogP contribution in [0, 0.1) is 0 Å². The van der Waals surface area contributed by atoms with Gasteiger partial charge >= 0.3 is 0 Å². The minimum Gasteiger partial charge on any atom is -0.414 e. The second-order valence-electron chi connectivity index (χ2n) is 12.0. The predicted molar refractivity (Wildman–Crippen MR) is 133 cm³/mol. The Bertz CT molecular complexity index is 933. The number of hydrogen-bond donors (Lipinski definition) is 1. The number of fused-ring (bicyclic) bond motifs is 1. The standard InChI is InChI=1S/C23H41N3O4Si2/c1-22(2,3)31(7,8)28-14-17-18(27)19(30-32(9,10)23(4,5)6)21(29-17)26-12-11-16-13-24-15-25-20(16)26/h11-13,15,17-19,21,27H,14H2,1-10H3/t17-,18-,19-,21-/m1/s1. The van der Waals surface area contributed by atoms with E-state index in [0.717, 1.165) is 11.0 Å². The molecule has 1 fully saturated rings. The van der Waals surface area contributed by atoms with E-state index in [1.807, 2.05) is 16.8 Å². The SMILES string of the molecule is CC(C)(C)[Si](C)(C)OC[C@H]1O[C@@H](n2ccc3cncnc32)[C@H](O[Si](C)(C)C(C)(C)C)[C@@H]1O. The molecule has 32 heavy (non-hydrogen) atoms. The Kier molecular flexibility index (Phi) is 6.85. The number of aliphatic hydroxyl groups excluding tert-OH is 1. The first-order valence-corrected chi connectivity index (χ1v) is 17.3. The van der Waals surface area contributed by atoms with Crippen LogP contribution in [0.15, 0.2) is 24.8 Å². The van der Waals surface area contributed by atoms with Crippen molar-refractivity contribution in [1.29, 1.82) is 0 Å². The van der Waals surface area contributed by atoms with Crippen LogP contribution in [-0.4, -0.2) is 61.2 Å². The highest BCUT2D eigenvalue weighted by atomic mass is 28.4. The summed E-state index contributed by atoms with van der Waals surface area (Å²) in [5, 5.41) is 12.4. The van der Waals surface area contributed by atoms with E-state index in [-0.39, 0.29) is 10.1 Å². The molecule has 0 saturated carbocycles. The summed E-state index contributed by atoms with van der Waals surface area (Å²) in [6, 6.07) is 1.97. The Labute approximate surface area is 194 Å². The zero-order valence-corrected chi connectivity index (χ0v) is 23.3. The van der Waals surface area contributed by atoms with Crippen molar-refractivity contribution in [3.63, 3.8) is 0 Å². The van der Waals surface area contributed by atoms with Crippen LogP contribution in [0.2, 0.25) is 36.3 Å². The molecule has 0 amide bonds. The molecule has 0 bridgehead atoms. The van der Waals surface area contributed by atoms with Gasteiger partial charge in [-0.05, 0) is 42.3 Å². The summed E-state index contributed by atoms with van der Waals surface area (Å²) in [5.41, 5.74) is 0.770. The topological polar surface area (TPSA) is 78.6 Å². The van der Waals surface area contributed by atoms with Crippen LogP contribution in [0.5, 0.6) is 0 Å². The van der Waals surface area contributed by atoms with Crippen molar-refractivity contribution in [3.05, 3.63) is 24.8 Å². The average molecular weight is 480 g/mol. The second kappa shape index (κ2) is 8.59. The summed E-state index contributed by atoms with van der Waals surface area (Å²) in [6.07, 6.45) is 3.00. The van der Waals surface area contributed by atoms with Crippen molar-refractivity contribution < 1.29 is 18.7 Å². The normalized spacial score (nSPS) is 25.6. The molecular formula is C23H41N3O4Si2. The zero-order valence-electron chi connectivity index (χ0n) is 21.3. The molecule has 9 heteroatoms. The van der Waals surface area contributed by atoms with Gasteiger partial charge in [-0.25, -0.2) is 9.97 Å². The molecule has 2 aromatic heterocycles. The molecule has 3 heterocycles. The third kappa shape index (κ3) is 4.88. The summed E-state index contributed by atoms with van der Waals surface area (Å²) in [6.45, 7) is 22.4. The Balaban J connectivity index is 1.92. The molecule has 1 N–H and O–H groups in total. The second-order valence-corrected chi connectivity index (χ2v) is 21.6. The fourth-order valence-corrected chi connectivity index (χ4v) is 5.64. The minimum atomic E-state index is -2.17. The number of rotatable bonds is 6. The molecule has 0 aromatic carbocycles. The lowest BCUT2D eigenvalue weighted by Crippen LogP contribution is -2.49. The molecular weight excluding hydrogens is 438 g/mol. The van der Waals surface area contributed by atoms with E-state index in [1.165, 1.54) is 6.33 Å². The maximum absolute atomic E-state index is 11.4. The van der Waals surface area contributed by atoms with E-state index in [2.05, 4.69) is 77.7 Å². The van der Waals surface area contributed by atoms with E-state index < -0.39 is 41.2 Å². The molecule has 3 rings (SSSR count). The quantitative estimate of drug-likeness (QED) is 0.581. The Morgan fingerprint density at radius 3 is 2.28 bits per heavy atom. The van der Waals surface area contributed by atoms with E-state index >= 15 is 0 Å². The van der Waals surface area contributed by atoms with Crippen LogP contribution in [0.4, 0.5) is 0 Å². The molecule has 1 aliphatic heterocycles. The molecule has 4 atom stereocenters. The largest absolute Gasteiger partial charge is 0.414 e. The van der Waals surface area contributed by atoms with Crippen LogP contribution in [0.25, 0.3) is 11.0 Å². The van der Waals surface area contributed by atoms with Gasteiger partial charge in [0.2, 0.25) is 0 Å². The fourth-order valence-electron chi connectivity index (χ4n) is 3.33. The molecule has 0 unspecified atom stereocenters. The van der Waals surface area contributed by atoms with Gasteiger partial charge in [0, 0.05) is 17.8 Å². The van der Waals surface area contributed by atoms with E-state index in [9.17, 15) is 5.11 Å². The number of aliphatic hydroxyl groups is 1. The number of hydrogen-bond acceptors (Lipinski definition) is 6. The van der Waals surface area contributed by atoms with Crippen molar-refractivity contribution in [1.82, 2.24) is 14.5 Å². The van der Waals surface area contributed by atoms with Gasteiger partial charge in [0.1, 0.15) is 30.3 Å². The molecule has 1 saturated heterocycles. The van der Waals surface area contributed by atoms with Gasteiger partial charge in [0.25, 0.3) is 0 Å². The zero-order chi connectivity index (χ0) is 24.1. The van der Waals surface area contributed by atoms with Gasteiger partial charge in [0.15, 0.2) is 22.9 Å². The molecule has 0 radical (unpaired) electrons. The van der Waals surface area contributed by atoms with E-state index in [4.69, 9.17) is 13.6 Å². The molecule has 1 aliphatic rings. The molecule has 0 spiro atoms. The molecule has 180 valence electrons. The number of ether oxygens (including phenoxy) is 1. The summed E-state index contributed by atoms with van der Waals surface area (Å²) >= 11 is 0. The Hall–Kier alpha value is -1.11. The van der Waals surface area contributed by atoms with Gasteiger partial charge in [-0.3, -0.25) is 0 Å². The highest BCUT2D eigenvalue weighted by Crippen LogP contribution is 2.43. The van der Waals surface area contributed by atoms with Crippen molar-refractivity contribution >= 4 is 27.7 Å². The van der Waals surface area contributed by atoms with Gasteiger partial charge in [0.05, 0.1) is 6.61 Å². The minimum absolute atomic E-state index is 0.00786. The summed E-state index contributed by atoms with van der Waals surface area (Å²) in [5.74, 6) is 0. The van der Waals surface area contributed by atoms with E-state index in [1.54, 1.807) is 6.20 Å². The van der Waals surface area contributed by atoms with Gasteiger partial charge in [-0.15, -0.1) is 0 Å². The highest BCUT2D eigenvalue weighted by Gasteiger charge is 2.51. The van der Waals surface area contributed by atoms with Gasteiger partial charge < -0.3 is 23.3 Å². The number of nitrogens with zero attached hydrogens (tertiary/aromatic N) is 3. The summed E-state index contributed by atoms with van der Waals surface area (Å²) in [7, 11) is -4.15. The third-order valence-corrected chi connectivity index (χ3v) is 16.6. The Morgan fingerprint density at radius 2 is 1.69 bits per heavy atom. The van der Waals surface area contributed by atoms with Crippen LogP contribution >= 0.6 is 0 Å². The van der Waals surface area contributed by atoms with E-state index in [0.29, 0.717) is 6.61 Å². The first-order chi connectivity index (χ1) is 14.6. The summed E-state index contributed by atoms with van der Waals surface area (Å²) < 4.78 is 21.6. The maximum Gasteiger partial charge on any atom is 0.192 e. The van der Waals surface area contributed by atoms with Crippen molar-refractivity contribution in [3.8, 4) is 0 Å². The first-order valence-electron chi connectivity index (χ1n) is 11.5. The Morgan fingerprint density at radius 1 is 1.06 bits per heavy atom.